The van der Waals surface area contributed by atoms with Crippen molar-refractivity contribution in [2.24, 2.45) is 17.8 Å². The first-order valence-electron chi connectivity index (χ1n) is 9.87. The van der Waals surface area contributed by atoms with Gasteiger partial charge in [-0.05, 0) is 62.8 Å². The summed E-state index contributed by atoms with van der Waals surface area (Å²) in [7, 11) is 1.69. The van der Waals surface area contributed by atoms with Gasteiger partial charge in [-0.15, -0.1) is 0 Å². The van der Waals surface area contributed by atoms with Crippen molar-refractivity contribution in [3.05, 3.63) is 29.8 Å². The number of amides is 2. The van der Waals surface area contributed by atoms with Gasteiger partial charge >= 0.3 is 6.03 Å². The summed E-state index contributed by atoms with van der Waals surface area (Å²) in [5.74, 6) is 2.28. The molecule has 26 heavy (non-hydrogen) atoms. The highest BCUT2D eigenvalue weighted by molar-refractivity contribution is 5.79. The molecule has 5 fully saturated rings. The molecule has 3 unspecified atom stereocenters. The molecule has 5 nitrogen and oxygen atoms in total. The number of carbonyl (C=O) groups is 1. The molecule has 1 saturated heterocycles. The molecule has 4 bridgehead atoms. The summed E-state index contributed by atoms with van der Waals surface area (Å²) in [5.41, 5.74) is 0.157. The van der Waals surface area contributed by atoms with E-state index in [-0.39, 0.29) is 12.1 Å². The van der Waals surface area contributed by atoms with Crippen molar-refractivity contribution in [3.8, 4) is 5.75 Å². The molecule has 1 aromatic carbocycles. The highest BCUT2D eigenvalue weighted by Gasteiger charge is 2.60. The third-order valence-electron chi connectivity index (χ3n) is 7.51. The Labute approximate surface area is 154 Å². The topological polar surface area (TPSA) is 61.8 Å². The molecular weight excluding hydrogens is 328 g/mol. The zero-order valence-electron chi connectivity index (χ0n) is 15.6. The van der Waals surface area contributed by atoms with Gasteiger partial charge < -0.3 is 20.1 Å². The number of methoxy groups -OCH3 is 1. The Morgan fingerprint density at radius 3 is 2.54 bits per heavy atom. The van der Waals surface area contributed by atoms with Gasteiger partial charge in [0.15, 0.2) is 0 Å². The van der Waals surface area contributed by atoms with Crippen LogP contribution in [0.25, 0.3) is 0 Å². The molecule has 140 valence electrons. The smallest absolute Gasteiger partial charge is 0.318 e. The minimum atomic E-state index is -0.482. The Morgan fingerprint density at radius 1 is 1.19 bits per heavy atom. The highest BCUT2D eigenvalue weighted by atomic mass is 16.5. The van der Waals surface area contributed by atoms with Crippen molar-refractivity contribution in [3.63, 3.8) is 0 Å². The van der Waals surface area contributed by atoms with Crippen molar-refractivity contribution in [2.75, 3.05) is 13.7 Å². The number of para-hydroxylation sites is 1. The van der Waals surface area contributed by atoms with E-state index in [1.807, 2.05) is 18.2 Å². The average Bonchev–Trinajstić information content (AvgIpc) is 2.90. The maximum Gasteiger partial charge on any atom is 0.318 e. The number of hydrogen-bond acceptors (Lipinski definition) is 3. The number of hydrogen-bond donors (Lipinski definition) is 2. The molecule has 6 rings (SSSR count). The minimum Gasteiger partial charge on any atom is -0.496 e. The Balaban J connectivity index is 1.56. The Kier molecular flexibility index (Phi) is 3.40. The van der Waals surface area contributed by atoms with Crippen LogP contribution >= 0.6 is 0 Å². The highest BCUT2D eigenvalue weighted by Crippen LogP contribution is 2.58. The van der Waals surface area contributed by atoms with E-state index in [9.17, 15) is 9.90 Å². The summed E-state index contributed by atoms with van der Waals surface area (Å²) < 4.78 is 5.62. The molecule has 0 radical (unpaired) electrons. The zero-order chi connectivity index (χ0) is 18.1. The lowest BCUT2D eigenvalue weighted by Crippen LogP contribution is -2.64. The van der Waals surface area contributed by atoms with Crippen molar-refractivity contribution in [1.82, 2.24) is 10.2 Å². The molecule has 1 aromatic rings. The first-order valence-corrected chi connectivity index (χ1v) is 9.87. The van der Waals surface area contributed by atoms with Crippen LogP contribution in [0.2, 0.25) is 0 Å². The van der Waals surface area contributed by atoms with Crippen molar-refractivity contribution >= 4 is 6.03 Å². The van der Waals surface area contributed by atoms with Gasteiger partial charge in [0.05, 0.1) is 18.2 Å². The SMILES string of the molecule is COc1ccccc1C1(C)CNC(=O)N1C1C2CC3CC1CC(O)(C3)C2. The molecule has 3 atom stereocenters. The first kappa shape index (κ1) is 16.4. The van der Waals surface area contributed by atoms with Crippen LogP contribution in [0, 0.1) is 17.8 Å². The molecular formula is C21H28N2O3. The molecule has 1 aliphatic heterocycles. The Hall–Kier alpha value is -1.75. The fourth-order valence-corrected chi connectivity index (χ4v) is 6.80. The monoisotopic (exact) mass is 356 g/mol. The third kappa shape index (κ3) is 2.16. The van der Waals surface area contributed by atoms with E-state index in [1.54, 1.807) is 7.11 Å². The number of urea groups is 1. The van der Waals surface area contributed by atoms with E-state index < -0.39 is 11.1 Å². The first-order chi connectivity index (χ1) is 12.4. The summed E-state index contributed by atoms with van der Waals surface area (Å²) >= 11 is 0. The Bertz CT molecular complexity index is 735. The lowest BCUT2D eigenvalue weighted by Gasteiger charge is -2.61. The molecule has 2 N–H and O–H groups in total. The van der Waals surface area contributed by atoms with Crippen LogP contribution < -0.4 is 10.1 Å². The van der Waals surface area contributed by atoms with Gasteiger partial charge in [-0.25, -0.2) is 4.79 Å². The van der Waals surface area contributed by atoms with Gasteiger partial charge in [-0.1, -0.05) is 18.2 Å². The Morgan fingerprint density at radius 2 is 1.88 bits per heavy atom. The van der Waals surface area contributed by atoms with Gasteiger partial charge in [0, 0.05) is 18.2 Å². The van der Waals surface area contributed by atoms with E-state index in [4.69, 9.17) is 4.74 Å². The van der Waals surface area contributed by atoms with E-state index in [2.05, 4.69) is 23.2 Å². The van der Waals surface area contributed by atoms with Crippen molar-refractivity contribution in [1.29, 1.82) is 0 Å². The molecule has 5 aliphatic rings. The molecule has 2 amide bonds. The normalized spacial score (nSPS) is 43.7. The summed E-state index contributed by atoms with van der Waals surface area (Å²) in [6.45, 7) is 2.75. The molecule has 0 aromatic heterocycles. The van der Waals surface area contributed by atoms with Gasteiger partial charge in [0.25, 0.3) is 0 Å². The second-order valence-corrected chi connectivity index (χ2v) is 9.19. The quantitative estimate of drug-likeness (QED) is 0.875. The largest absolute Gasteiger partial charge is 0.496 e. The molecule has 1 heterocycles. The van der Waals surface area contributed by atoms with Crippen LogP contribution in [0.4, 0.5) is 4.79 Å². The van der Waals surface area contributed by atoms with Gasteiger partial charge in [0.2, 0.25) is 0 Å². The van der Waals surface area contributed by atoms with Crippen LogP contribution in [0.3, 0.4) is 0 Å². The molecule has 4 aliphatic carbocycles. The van der Waals surface area contributed by atoms with Crippen LogP contribution in [-0.2, 0) is 5.54 Å². The lowest BCUT2D eigenvalue weighted by molar-refractivity contribution is -0.160. The van der Waals surface area contributed by atoms with Crippen molar-refractivity contribution < 1.29 is 14.6 Å². The number of rotatable bonds is 3. The lowest BCUT2D eigenvalue weighted by atomic mass is 9.51. The van der Waals surface area contributed by atoms with Gasteiger partial charge in [-0.2, -0.15) is 0 Å². The van der Waals surface area contributed by atoms with E-state index in [0.29, 0.717) is 24.3 Å². The van der Waals surface area contributed by atoms with Gasteiger partial charge in [0.1, 0.15) is 5.75 Å². The number of nitrogens with zero attached hydrogens (tertiary/aromatic N) is 1. The van der Waals surface area contributed by atoms with Crippen LogP contribution in [-0.4, -0.2) is 41.3 Å². The van der Waals surface area contributed by atoms with Gasteiger partial charge in [-0.3, -0.25) is 0 Å². The molecule has 0 spiro atoms. The second-order valence-electron chi connectivity index (χ2n) is 9.19. The number of ether oxygens (including phenoxy) is 1. The molecule has 5 heteroatoms. The van der Waals surface area contributed by atoms with E-state index in [1.165, 1.54) is 0 Å². The summed E-state index contributed by atoms with van der Waals surface area (Å²) in [5, 5.41) is 14.0. The summed E-state index contributed by atoms with van der Waals surface area (Å²) in [6, 6.07) is 8.28. The number of carbonyl (C=O) groups excluding carboxylic acids is 1. The number of nitrogens with one attached hydrogen (secondary N) is 1. The predicted octanol–water partition coefficient (Wildman–Crippen LogP) is 2.88. The predicted molar refractivity (Wildman–Crippen MR) is 97.9 cm³/mol. The second kappa shape index (κ2) is 5.38. The minimum absolute atomic E-state index is 0.0304. The van der Waals surface area contributed by atoms with E-state index >= 15 is 0 Å². The standard InChI is InChI=1S/C21H28N2O3/c1-20(16-5-3-4-6-17(16)26-2)12-22-19(24)23(20)18-14-7-13-8-15(18)11-21(25,9-13)10-14/h3-6,13-15,18,25H,7-12H2,1-2H3,(H,22,24). The number of benzene rings is 1. The fraction of sp³-hybridized carbons (Fsp3) is 0.667. The molecule has 4 saturated carbocycles. The number of aliphatic hydroxyl groups is 1. The van der Waals surface area contributed by atoms with Crippen LogP contribution in [0.1, 0.15) is 44.6 Å². The average molecular weight is 356 g/mol. The van der Waals surface area contributed by atoms with E-state index in [0.717, 1.165) is 43.4 Å². The zero-order valence-corrected chi connectivity index (χ0v) is 15.6. The van der Waals surface area contributed by atoms with Crippen LogP contribution in [0.5, 0.6) is 5.75 Å². The third-order valence-corrected chi connectivity index (χ3v) is 7.51. The van der Waals surface area contributed by atoms with Crippen molar-refractivity contribution in [2.45, 2.75) is 56.2 Å². The van der Waals surface area contributed by atoms with Crippen LogP contribution in [0.15, 0.2) is 24.3 Å². The summed E-state index contributed by atoms with van der Waals surface area (Å²) in [6.07, 6.45) is 4.94. The maximum atomic E-state index is 13.0. The maximum absolute atomic E-state index is 13.0. The fourth-order valence-electron chi connectivity index (χ4n) is 6.80. The summed E-state index contributed by atoms with van der Waals surface area (Å²) in [4.78, 5) is 15.1.